The minimum absolute atomic E-state index is 0.340. The lowest BCUT2D eigenvalue weighted by molar-refractivity contribution is -0.0833. The standard InChI is InChI=1S/C10H19NO3S/c1-9(2,3)14-8(12)11-5-10(13,6-11)7-15-4/h13H,5-7H2,1-4H3. The molecule has 1 aliphatic heterocycles. The summed E-state index contributed by atoms with van der Waals surface area (Å²) in [5.41, 5.74) is -1.18. The molecule has 0 saturated carbocycles. The van der Waals surface area contributed by atoms with E-state index in [4.69, 9.17) is 4.74 Å². The maximum absolute atomic E-state index is 11.5. The quantitative estimate of drug-likeness (QED) is 0.782. The van der Waals surface area contributed by atoms with Gasteiger partial charge in [-0.05, 0) is 27.0 Å². The van der Waals surface area contributed by atoms with E-state index in [1.54, 1.807) is 11.8 Å². The SMILES string of the molecule is CSCC1(O)CN(C(=O)OC(C)(C)C)C1. The molecule has 4 nitrogen and oxygen atoms in total. The summed E-state index contributed by atoms with van der Waals surface area (Å²) in [5, 5.41) is 9.86. The highest BCUT2D eigenvalue weighted by molar-refractivity contribution is 7.98. The zero-order chi connectivity index (χ0) is 11.7. The zero-order valence-corrected chi connectivity index (χ0v) is 10.6. The highest BCUT2D eigenvalue weighted by Gasteiger charge is 2.44. The molecule has 1 fully saturated rings. The van der Waals surface area contributed by atoms with Gasteiger partial charge in [-0.25, -0.2) is 4.79 Å². The number of thioether (sulfide) groups is 1. The highest BCUT2D eigenvalue weighted by Crippen LogP contribution is 2.25. The van der Waals surface area contributed by atoms with E-state index in [0.717, 1.165) is 0 Å². The monoisotopic (exact) mass is 233 g/mol. The summed E-state index contributed by atoms with van der Waals surface area (Å²) in [7, 11) is 0. The summed E-state index contributed by atoms with van der Waals surface area (Å²) in [4.78, 5) is 13.0. The molecule has 15 heavy (non-hydrogen) atoms. The Labute approximate surface area is 95.0 Å². The van der Waals surface area contributed by atoms with Crippen molar-refractivity contribution in [3.8, 4) is 0 Å². The van der Waals surface area contributed by atoms with Gasteiger partial charge < -0.3 is 14.7 Å². The van der Waals surface area contributed by atoms with Crippen molar-refractivity contribution >= 4 is 17.9 Å². The molecule has 1 aliphatic rings. The molecule has 1 heterocycles. The number of nitrogens with zero attached hydrogens (tertiary/aromatic N) is 1. The number of rotatable bonds is 2. The summed E-state index contributed by atoms with van der Waals surface area (Å²) in [6.45, 7) is 6.25. The van der Waals surface area contributed by atoms with E-state index in [9.17, 15) is 9.90 Å². The molecule has 0 bridgehead atoms. The Kier molecular flexibility index (Phi) is 3.55. The number of hydrogen-bond acceptors (Lipinski definition) is 4. The van der Waals surface area contributed by atoms with Crippen LogP contribution in [0.2, 0.25) is 0 Å². The van der Waals surface area contributed by atoms with E-state index in [2.05, 4.69) is 0 Å². The Morgan fingerprint density at radius 2 is 2.07 bits per heavy atom. The highest BCUT2D eigenvalue weighted by atomic mass is 32.2. The van der Waals surface area contributed by atoms with Crippen molar-refractivity contribution in [1.29, 1.82) is 0 Å². The van der Waals surface area contributed by atoms with Gasteiger partial charge in [-0.3, -0.25) is 0 Å². The van der Waals surface area contributed by atoms with Crippen LogP contribution in [-0.2, 0) is 4.74 Å². The molecule has 0 aromatic rings. The van der Waals surface area contributed by atoms with Gasteiger partial charge in [0, 0.05) is 5.75 Å². The van der Waals surface area contributed by atoms with Crippen LogP contribution in [0.3, 0.4) is 0 Å². The van der Waals surface area contributed by atoms with E-state index in [0.29, 0.717) is 18.8 Å². The molecule has 1 rings (SSSR count). The number of carbonyl (C=O) groups excluding carboxylic acids is 1. The fourth-order valence-electron chi connectivity index (χ4n) is 1.48. The van der Waals surface area contributed by atoms with Gasteiger partial charge in [0.15, 0.2) is 0 Å². The molecular formula is C10H19NO3S. The summed E-state index contributed by atoms with van der Waals surface area (Å²) < 4.78 is 5.18. The third kappa shape index (κ3) is 3.57. The van der Waals surface area contributed by atoms with Gasteiger partial charge in [-0.2, -0.15) is 11.8 Å². The molecule has 5 heteroatoms. The topological polar surface area (TPSA) is 49.8 Å². The second kappa shape index (κ2) is 4.22. The molecule has 1 N–H and O–H groups in total. The van der Waals surface area contributed by atoms with Gasteiger partial charge in [0.2, 0.25) is 0 Å². The summed E-state index contributed by atoms with van der Waals surface area (Å²) in [5.74, 6) is 0.659. The number of hydrogen-bond donors (Lipinski definition) is 1. The van der Waals surface area contributed by atoms with Crippen LogP contribution < -0.4 is 0 Å². The average Bonchev–Trinajstić information content (AvgIpc) is 1.96. The molecule has 0 aliphatic carbocycles. The van der Waals surface area contributed by atoms with Gasteiger partial charge in [0.25, 0.3) is 0 Å². The summed E-state index contributed by atoms with van der Waals surface area (Å²) in [6.07, 6.45) is 1.60. The fraction of sp³-hybridized carbons (Fsp3) is 0.900. The number of likely N-dealkylation sites (tertiary alicyclic amines) is 1. The van der Waals surface area contributed by atoms with Crippen LogP contribution in [0.25, 0.3) is 0 Å². The van der Waals surface area contributed by atoms with Crippen molar-refractivity contribution < 1.29 is 14.6 Å². The van der Waals surface area contributed by atoms with Crippen molar-refractivity contribution in [3.63, 3.8) is 0 Å². The smallest absolute Gasteiger partial charge is 0.410 e. The summed E-state index contributed by atoms with van der Waals surface area (Å²) >= 11 is 1.58. The van der Waals surface area contributed by atoms with Gasteiger partial charge in [0.1, 0.15) is 11.2 Å². The van der Waals surface area contributed by atoms with Crippen LogP contribution in [-0.4, -0.2) is 52.4 Å². The first-order chi connectivity index (χ1) is 6.76. The van der Waals surface area contributed by atoms with Crippen molar-refractivity contribution in [2.75, 3.05) is 25.1 Å². The second-order valence-corrected chi connectivity index (χ2v) is 5.86. The van der Waals surface area contributed by atoms with Gasteiger partial charge in [0.05, 0.1) is 13.1 Å². The van der Waals surface area contributed by atoms with E-state index >= 15 is 0 Å². The fourth-order valence-corrected chi connectivity index (χ4v) is 2.20. The summed E-state index contributed by atoms with van der Waals surface area (Å²) in [6, 6.07) is 0. The molecule has 0 aromatic heterocycles. The Balaban J connectivity index is 2.35. The minimum Gasteiger partial charge on any atom is -0.444 e. The normalized spacial score (nSPS) is 19.7. The molecular weight excluding hydrogens is 214 g/mol. The Bertz CT molecular complexity index is 244. The molecule has 88 valence electrons. The second-order valence-electron chi connectivity index (χ2n) is 4.99. The molecule has 0 spiro atoms. The largest absolute Gasteiger partial charge is 0.444 e. The minimum atomic E-state index is -0.712. The van der Waals surface area contributed by atoms with Gasteiger partial charge >= 0.3 is 6.09 Å². The first-order valence-corrected chi connectivity index (χ1v) is 6.34. The van der Waals surface area contributed by atoms with Crippen LogP contribution >= 0.6 is 11.8 Å². The lowest BCUT2D eigenvalue weighted by atomic mass is 9.97. The van der Waals surface area contributed by atoms with Crippen LogP contribution in [0, 0.1) is 0 Å². The molecule has 1 saturated heterocycles. The van der Waals surface area contributed by atoms with E-state index < -0.39 is 11.2 Å². The first kappa shape index (κ1) is 12.6. The van der Waals surface area contributed by atoms with Crippen LogP contribution in [0.4, 0.5) is 4.79 Å². The van der Waals surface area contributed by atoms with Crippen LogP contribution in [0.1, 0.15) is 20.8 Å². The Morgan fingerprint density at radius 1 is 1.53 bits per heavy atom. The van der Waals surface area contributed by atoms with Gasteiger partial charge in [-0.15, -0.1) is 0 Å². The van der Waals surface area contributed by atoms with Crippen molar-refractivity contribution in [1.82, 2.24) is 4.90 Å². The molecule has 0 aromatic carbocycles. The molecule has 0 radical (unpaired) electrons. The number of β-amino-alcohol motifs (C(OH)–C–C–N with tert-alkyl or cyclic N) is 1. The van der Waals surface area contributed by atoms with Crippen molar-refractivity contribution in [3.05, 3.63) is 0 Å². The predicted octanol–water partition coefficient (Wildman–Crippen LogP) is 1.33. The number of ether oxygens (including phenoxy) is 1. The lowest BCUT2D eigenvalue weighted by Gasteiger charge is -2.46. The molecule has 0 unspecified atom stereocenters. The maximum Gasteiger partial charge on any atom is 0.410 e. The van der Waals surface area contributed by atoms with Crippen LogP contribution in [0.15, 0.2) is 0 Å². The Hall–Kier alpha value is -0.420. The number of carbonyl (C=O) groups is 1. The molecule has 1 amide bonds. The van der Waals surface area contributed by atoms with Gasteiger partial charge in [-0.1, -0.05) is 0 Å². The predicted molar refractivity (Wildman–Crippen MR) is 61.1 cm³/mol. The van der Waals surface area contributed by atoms with E-state index in [-0.39, 0.29) is 6.09 Å². The van der Waals surface area contributed by atoms with Crippen LogP contribution in [0.5, 0.6) is 0 Å². The molecule has 0 atom stereocenters. The Morgan fingerprint density at radius 3 is 2.47 bits per heavy atom. The van der Waals surface area contributed by atoms with Crippen molar-refractivity contribution in [2.24, 2.45) is 0 Å². The van der Waals surface area contributed by atoms with E-state index in [1.165, 1.54) is 4.90 Å². The number of aliphatic hydroxyl groups is 1. The van der Waals surface area contributed by atoms with Crippen molar-refractivity contribution in [2.45, 2.75) is 32.0 Å². The maximum atomic E-state index is 11.5. The first-order valence-electron chi connectivity index (χ1n) is 4.95. The number of amides is 1. The third-order valence-electron chi connectivity index (χ3n) is 2.04. The average molecular weight is 233 g/mol. The third-order valence-corrected chi connectivity index (χ3v) is 2.86. The zero-order valence-electron chi connectivity index (χ0n) is 9.74. The van der Waals surface area contributed by atoms with E-state index in [1.807, 2.05) is 27.0 Å². The lowest BCUT2D eigenvalue weighted by Crippen LogP contribution is -2.65.